The van der Waals surface area contributed by atoms with Crippen LogP contribution in [0.4, 0.5) is 5.69 Å². The SMILES string of the molecule is COc1ccc(NC(=O)C2CSCN2)cc1OCCO. The minimum absolute atomic E-state index is 0.0618. The molecule has 0 bridgehead atoms. The maximum atomic E-state index is 12.0. The predicted octanol–water partition coefficient (Wildman–Crippen LogP) is 0.667. The van der Waals surface area contributed by atoms with E-state index in [-0.39, 0.29) is 25.2 Å². The van der Waals surface area contributed by atoms with Crippen molar-refractivity contribution in [2.75, 3.05) is 37.3 Å². The Morgan fingerprint density at radius 2 is 2.40 bits per heavy atom. The second-order valence-corrected chi connectivity index (χ2v) is 5.23. The Kier molecular flexibility index (Phi) is 5.51. The highest BCUT2D eigenvalue weighted by Crippen LogP contribution is 2.30. The van der Waals surface area contributed by atoms with Crippen LogP contribution in [0.25, 0.3) is 0 Å². The highest BCUT2D eigenvalue weighted by molar-refractivity contribution is 7.99. The van der Waals surface area contributed by atoms with Gasteiger partial charge in [0.05, 0.1) is 19.8 Å². The summed E-state index contributed by atoms with van der Waals surface area (Å²) in [5, 5.41) is 14.8. The van der Waals surface area contributed by atoms with Crippen LogP contribution in [0.2, 0.25) is 0 Å². The van der Waals surface area contributed by atoms with Gasteiger partial charge >= 0.3 is 0 Å². The van der Waals surface area contributed by atoms with Crippen molar-refractivity contribution >= 4 is 23.4 Å². The Morgan fingerprint density at radius 1 is 1.55 bits per heavy atom. The molecule has 0 aromatic heterocycles. The van der Waals surface area contributed by atoms with Crippen molar-refractivity contribution in [3.8, 4) is 11.5 Å². The van der Waals surface area contributed by atoms with Crippen LogP contribution in [0.5, 0.6) is 11.5 Å². The van der Waals surface area contributed by atoms with Crippen LogP contribution < -0.4 is 20.1 Å². The summed E-state index contributed by atoms with van der Waals surface area (Å²) in [6.07, 6.45) is 0. The average molecular weight is 298 g/mol. The number of methoxy groups -OCH3 is 1. The van der Waals surface area contributed by atoms with E-state index in [4.69, 9.17) is 14.6 Å². The molecule has 1 aromatic carbocycles. The van der Waals surface area contributed by atoms with Crippen LogP contribution in [-0.4, -0.2) is 49.0 Å². The third-order valence-electron chi connectivity index (χ3n) is 2.81. The smallest absolute Gasteiger partial charge is 0.242 e. The minimum Gasteiger partial charge on any atom is -0.493 e. The normalized spacial score (nSPS) is 17.8. The fourth-order valence-corrected chi connectivity index (χ4v) is 2.76. The molecule has 20 heavy (non-hydrogen) atoms. The molecule has 0 spiro atoms. The third-order valence-corrected chi connectivity index (χ3v) is 3.75. The highest BCUT2D eigenvalue weighted by Gasteiger charge is 2.22. The van der Waals surface area contributed by atoms with Crippen molar-refractivity contribution in [3.05, 3.63) is 18.2 Å². The van der Waals surface area contributed by atoms with Gasteiger partial charge in [0, 0.05) is 23.4 Å². The molecule has 7 heteroatoms. The molecule has 0 saturated carbocycles. The summed E-state index contributed by atoms with van der Waals surface area (Å²) in [5.74, 6) is 2.56. The molecular formula is C13H18N2O4S. The number of nitrogens with one attached hydrogen (secondary N) is 2. The first kappa shape index (κ1) is 15.0. The van der Waals surface area contributed by atoms with Crippen LogP contribution in [0.1, 0.15) is 0 Å². The number of thioether (sulfide) groups is 1. The zero-order valence-electron chi connectivity index (χ0n) is 11.2. The molecule has 6 nitrogen and oxygen atoms in total. The largest absolute Gasteiger partial charge is 0.493 e. The van der Waals surface area contributed by atoms with Crippen molar-refractivity contribution in [1.29, 1.82) is 0 Å². The first-order valence-corrected chi connectivity index (χ1v) is 7.43. The molecule has 1 unspecified atom stereocenters. The first-order chi connectivity index (χ1) is 9.74. The number of aliphatic hydroxyl groups excluding tert-OH is 1. The lowest BCUT2D eigenvalue weighted by atomic mass is 10.2. The summed E-state index contributed by atoms with van der Waals surface area (Å²) in [4.78, 5) is 12.0. The molecule has 110 valence electrons. The van der Waals surface area contributed by atoms with Gasteiger partial charge in [-0.1, -0.05) is 0 Å². The van der Waals surface area contributed by atoms with Gasteiger partial charge in [-0.3, -0.25) is 10.1 Å². The van der Waals surface area contributed by atoms with Crippen molar-refractivity contribution in [2.24, 2.45) is 0 Å². The van der Waals surface area contributed by atoms with Gasteiger partial charge in [-0.2, -0.15) is 0 Å². The monoisotopic (exact) mass is 298 g/mol. The van der Waals surface area contributed by atoms with Gasteiger partial charge in [-0.15, -0.1) is 11.8 Å². The summed E-state index contributed by atoms with van der Waals surface area (Å²) < 4.78 is 10.5. The number of rotatable bonds is 6. The summed E-state index contributed by atoms with van der Waals surface area (Å²) >= 11 is 1.70. The Balaban J connectivity index is 2.05. The van der Waals surface area contributed by atoms with E-state index < -0.39 is 0 Å². The summed E-state index contributed by atoms with van der Waals surface area (Å²) in [6.45, 7) is 0.0948. The standard InChI is InChI=1S/C13H18N2O4S/c1-18-11-3-2-9(6-12(11)19-5-4-16)15-13(17)10-7-20-8-14-10/h2-3,6,10,14,16H,4-5,7-8H2,1H3,(H,15,17). The van der Waals surface area contributed by atoms with Gasteiger partial charge in [-0.25, -0.2) is 0 Å². The lowest BCUT2D eigenvalue weighted by Crippen LogP contribution is -2.37. The second kappa shape index (κ2) is 7.37. The fourth-order valence-electron chi connectivity index (χ4n) is 1.82. The van der Waals surface area contributed by atoms with Crippen LogP contribution in [-0.2, 0) is 4.79 Å². The molecule has 0 aliphatic carbocycles. The van der Waals surface area contributed by atoms with Crippen molar-refractivity contribution in [1.82, 2.24) is 5.32 Å². The van der Waals surface area contributed by atoms with Gasteiger partial charge in [0.25, 0.3) is 0 Å². The Hall–Kier alpha value is -1.44. The molecule has 1 aliphatic heterocycles. The van der Waals surface area contributed by atoms with Gasteiger partial charge in [0.15, 0.2) is 11.5 Å². The molecule has 1 aliphatic rings. The third kappa shape index (κ3) is 3.78. The molecule has 0 radical (unpaired) electrons. The van der Waals surface area contributed by atoms with E-state index in [0.717, 1.165) is 11.6 Å². The number of hydrogen-bond donors (Lipinski definition) is 3. The number of ether oxygens (including phenoxy) is 2. The predicted molar refractivity (Wildman–Crippen MR) is 78.5 cm³/mol. The number of anilines is 1. The minimum atomic E-state index is -0.163. The van der Waals surface area contributed by atoms with Gasteiger partial charge in [0.2, 0.25) is 5.91 Å². The molecule has 2 rings (SSSR count). The number of benzene rings is 1. The Morgan fingerprint density at radius 3 is 3.05 bits per heavy atom. The maximum absolute atomic E-state index is 12.0. The number of carbonyl (C=O) groups is 1. The van der Waals surface area contributed by atoms with Crippen molar-refractivity contribution in [2.45, 2.75) is 6.04 Å². The summed E-state index contributed by atoms with van der Waals surface area (Å²) in [7, 11) is 1.54. The molecule has 1 aromatic rings. The van der Waals surface area contributed by atoms with E-state index in [1.54, 1.807) is 37.1 Å². The van der Waals surface area contributed by atoms with E-state index in [0.29, 0.717) is 17.2 Å². The summed E-state index contributed by atoms with van der Waals surface area (Å²) in [6, 6.07) is 5.00. The maximum Gasteiger partial charge on any atom is 0.242 e. The molecule has 1 atom stereocenters. The van der Waals surface area contributed by atoms with E-state index in [1.165, 1.54) is 0 Å². The highest BCUT2D eigenvalue weighted by atomic mass is 32.2. The Labute approximate surface area is 121 Å². The molecular weight excluding hydrogens is 280 g/mol. The van der Waals surface area contributed by atoms with E-state index in [2.05, 4.69) is 10.6 Å². The quantitative estimate of drug-likeness (QED) is 0.716. The number of amides is 1. The number of hydrogen-bond acceptors (Lipinski definition) is 6. The molecule has 1 heterocycles. The first-order valence-electron chi connectivity index (χ1n) is 6.28. The molecule has 1 fully saturated rings. The molecule has 3 N–H and O–H groups in total. The van der Waals surface area contributed by atoms with Gasteiger partial charge in [0.1, 0.15) is 6.61 Å². The van der Waals surface area contributed by atoms with Crippen LogP contribution in [0.3, 0.4) is 0 Å². The van der Waals surface area contributed by atoms with E-state index in [1.807, 2.05) is 0 Å². The van der Waals surface area contributed by atoms with Crippen LogP contribution in [0, 0.1) is 0 Å². The zero-order valence-corrected chi connectivity index (χ0v) is 12.0. The fraction of sp³-hybridized carbons (Fsp3) is 0.462. The average Bonchev–Trinajstić information content (AvgIpc) is 2.99. The molecule has 1 amide bonds. The second-order valence-electron chi connectivity index (χ2n) is 4.20. The van der Waals surface area contributed by atoms with Crippen LogP contribution >= 0.6 is 11.8 Å². The van der Waals surface area contributed by atoms with E-state index in [9.17, 15) is 4.79 Å². The number of carbonyl (C=O) groups excluding carboxylic acids is 1. The lowest BCUT2D eigenvalue weighted by molar-refractivity contribution is -0.117. The zero-order chi connectivity index (χ0) is 14.4. The van der Waals surface area contributed by atoms with E-state index >= 15 is 0 Å². The molecule has 1 saturated heterocycles. The van der Waals surface area contributed by atoms with Gasteiger partial charge < -0.3 is 19.9 Å². The van der Waals surface area contributed by atoms with Crippen molar-refractivity contribution in [3.63, 3.8) is 0 Å². The topological polar surface area (TPSA) is 79.8 Å². The number of aliphatic hydroxyl groups is 1. The van der Waals surface area contributed by atoms with Gasteiger partial charge in [-0.05, 0) is 12.1 Å². The summed E-state index contributed by atoms with van der Waals surface area (Å²) in [5.41, 5.74) is 0.641. The Bertz CT molecular complexity index is 464. The van der Waals surface area contributed by atoms with Crippen LogP contribution in [0.15, 0.2) is 18.2 Å². The lowest BCUT2D eigenvalue weighted by Gasteiger charge is -2.14. The van der Waals surface area contributed by atoms with Crippen molar-refractivity contribution < 1.29 is 19.4 Å².